The molecule has 232 valence electrons. The van der Waals surface area contributed by atoms with Crippen LogP contribution in [0.2, 0.25) is 0 Å². The third-order valence-electron chi connectivity index (χ3n) is 8.28. The van der Waals surface area contributed by atoms with Gasteiger partial charge in [-0.25, -0.2) is 0 Å². The third kappa shape index (κ3) is 7.02. The van der Waals surface area contributed by atoms with E-state index in [1.807, 2.05) is 50.2 Å². The van der Waals surface area contributed by atoms with E-state index in [2.05, 4.69) is 22.8 Å². The van der Waals surface area contributed by atoms with E-state index in [0.29, 0.717) is 17.5 Å². The van der Waals surface area contributed by atoms with Crippen molar-refractivity contribution in [3.05, 3.63) is 82.9 Å². The number of esters is 1. The van der Waals surface area contributed by atoms with Crippen LogP contribution in [0.25, 0.3) is 10.8 Å². The Hall–Kier alpha value is -4.04. The van der Waals surface area contributed by atoms with Crippen LogP contribution in [-0.4, -0.2) is 52.8 Å². The molecule has 3 aromatic carbocycles. The fourth-order valence-corrected chi connectivity index (χ4v) is 6.22. The van der Waals surface area contributed by atoms with Crippen LogP contribution in [0.4, 0.5) is 0 Å². The van der Waals surface area contributed by atoms with Crippen molar-refractivity contribution in [2.45, 2.75) is 90.4 Å². The molecule has 44 heavy (non-hydrogen) atoms. The molecule has 1 heterocycles. The molecule has 8 nitrogen and oxygen atoms in total. The van der Waals surface area contributed by atoms with Gasteiger partial charge in [0.25, 0.3) is 11.8 Å². The first-order chi connectivity index (χ1) is 20.9. The summed E-state index contributed by atoms with van der Waals surface area (Å²) in [5.41, 5.74) is 2.35. The summed E-state index contributed by atoms with van der Waals surface area (Å²) in [4.78, 5) is 55.2. The van der Waals surface area contributed by atoms with Gasteiger partial charge in [0.15, 0.2) is 0 Å². The quantitative estimate of drug-likeness (QED) is 0.228. The van der Waals surface area contributed by atoms with Gasteiger partial charge in [-0.2, -0.15) is 0 Å². The largest absolute Gasteiger partial charge is 0.459 e. The van der Waals surface area contributed by atoms with Gasteiger partial charge in [0.2, 0.25) is 5.91 Å². The highest BCUT2D eigenvalue weighted by Gasteiger charge is 2.38. The highest BCUT2D eigenvalue weighted by Crippen LogP contribution is 2.30. The minimum Gasteiger partial charge on any atom is -0.459 e. The van der Waals surface area contributed by atoms with Crippen molar-refractivity contribution in [2.75, 3.05) is 6.54 Å². The number of nitrogens with one attached hydrogen (secondary N) is 2. The molecule has 0 saturated carbocycles. The number of carbonyl (C=O) groups excluding carboxylic acids is 4. The second-order valence-electron chi connectivity index (χ2n) is 13.4. The minimum absolute atomic E-state index is 0.00557. The van der Waals surface area contributed by atoms with Gasteiger partial charge < -0.3 is 10.1 Å². The molecule has 0 aromatic heterocycles. The Bertz CT molecular complexity index is 1520. The summed E-state index contributed by atoms with van der Waals surface area (Å²) in [6.45, 7) is 9.43. The fraction of sp³-hybridized carbons (Fsp3) is 0.444. The normalized spacial score (nSPS) is 17.8. The van der Waals surface area contributed by atoms with Crippen molar-refractivity contribution in [3.63, 3.8) is 0 Å². The van der Waals surface area contributed by atoms with Crippen molar-refractivity contribution in [1.82, 2.24) is 15.5 Å². The first-order valence-electron chi connectivity index (χ1n) is 15.7. The van der Waals surface area contributed by atoms with Crippen LogP contribution in [0, 0.1) is 5.92 Å². The molecule has 2 N–H and O–H groups in total. The number of aryl methyl sites for hydroxylation is 1. The standard InChI is InChI=1S/C36H43N3O5/c1-22(2)19-31(32(40)38-29-16-10-14-23-11-8-9-15-26(23)29)37-30(35(43)44-36(3,4)5)17-18-39-33(41)27-20-24-12-6-7-13-25(24)21-28(27)34(39)42/h6-9,11-13,15,20-22,29-31,37H,10,14,16-19H2,1-5H3,(H,38,40)/t29?,30-,31+/m1/s1. The van der Waals surface area contributed by atoms with Crippen LogP contribution >= 0.6 is 0 Å². The summed E-state index contributed by atoms with van der Waals surface area (Å²) in [6.07, 6.45) is 3.43. The molecular weight excluding hydrogens is 554 g/mol. The van der Waals surface area contributed by atoms with Crippen molar-refractivity contribution < 1.29 is 23.9 Å². The molecule has 0 spiro atoms. The number of imide groups is 1. The molecule has 0 bridgehead atoms. The first kappa shape index (κ1) is 31.4. The lowest BCUT2D eigenvalue weighted by Gasteiger charge is -2.31. The molecule has 2 aliphatic rings. The predicted molar refractivity (Wildman–Crippen MR) is 170 cm³/mol. The van der Waals surface area contributed by atoms with Gasteiger partial charge in [-0.15, -0.1) is 0 Å². The topological polar surface area (TPSA) is 105 Å². The number of rotatable bonds is 10. The van der Waals surface area contributed by atoms with Gasteiger partial charge in [0.1, 0.15) is 11.6 Å². The first-order valence-corrected chi connectivity index (χ1v) is 15.7. The van der Waals surface area contributed by atoms with Crippen LogP contribution in [0.15, 0.2) is 60.7 Å². The molecule has 3 amide bonds. The molecular formula is C36H43N3O5. The van der Waals surface area contributed by atoms with Crippen molar-refractivity contribution in [3.8, 4) is 0 Å². The van der Waals surface area contributed by atoms with E-state index in [1.165, 1.54) is 10.5 Å². The van der Waals surface area contributed by atoms with Crippen molar-refractivity contribution in [2.24, 2.45) is 5.92 Å². The van der Waals surface area contributed by atoms with Crippen LogP contribution in [0.1, 0.15) is 98.2 Å². The maximum Gasteiger partial charge on any atom is 0.323 e. The van der Waals surface area contributed by atoms with E-state index < -0.39 is 23.7 Å². The second-order valence-corrected chi connectivity index (χ2v) is 13.4. The highest BCUT2D eigenvalue weighted by molar-refractivity contribution is 6.23. The van der Waals surface area contributed by atoms with Gasteiger partial charge >= 0.3 is 5.97 Å². The minimum atomic E-state index is -0.911. The molecule has 8 heteroatoms. The Kier molecular flexibility index (Phi) is 9.20. The summed E-state index contributed by atoms with van der Waals surface area (Å²) in [7, 11) is 0. The van der Waals surface area contributed by atoms with E-state index >= 15 is 0 Å². The van der Waals surface area contributed by atoms with Gasteiger partial charge in [0, 0.05) is 6.54 Å². The van der Waals surface area contributed by atoms with Crippen LogP contribution in [0.3, 0.4) is 0 Å². The Labute approximate surface area is 259 Å². The summed E-state index contributed by atoms with van der Waals surface area (Å²) in [6, 6.07) is 17.6. The number of amides is 3. The van der Waals surface area contributed by atoms with E-state index in [9.17, 15) is 19.2 Å². The van der Waals surface area contributed by atoms with Gasteiger partial charge in [-0.3, -0.25) is 29.4 Å². The Balaban J connectivity index is 1.34. The number of hydrogen-bond donors (Lipinski definition) is 2. The number of benzene rings is 3. The number of ether oxygens (including phenoxy) is 1. The zero-order valence-electron chi connectivity index (χ0n) is 26.3. The summed E-state index contributed by atoms with van der Waals surface area (Å²) in [5, 5.41) is 8.29. The van der Waals surface area contributed by atoms with Crippen molar-refractivity contribution >= 4 is 34.5 Å². The molecule has 3 atom stereocenters. The Morgan fingerprint density at radius 2 is 1.55 bits per heavy atom. The summed E-state index contributed by atoms with van der Waals surface area (Å²) >= 11 is 0. The van der Waals surface area contributed by atoms with E-state index in [-0.39, 0.29) is 42.6 Å². The molecule has 1 aliphatic carbocycles. The molecule has 0 radical (unpaired) electrons. The van der Waals surface area contributed by atoms with E-state index in [0.717, 1.165) is 35.6 Å². The Morgan fingerprint density at radius 1 is 0.932 bits per heavy atom. The van der Waals surface area contributed by atoms with Crippen LogP contribution in [-0.2, 0) is 20.7 Å². The highest BCUT2D eigenvalue weighted by atomic mass is 16.6. The summed E-state index contributed by atoms with van der Waals surface area (Å²) in [5.74, 6) is -1.30. The average Bonchev–Trinajstić information content (AvgIpc) is 3.20. The molecule has 1 aliphatic heterocycles. The van der Waals surface area contributed by atoms with Gasteiger partial charge in [0.05, 0.1) is 23.2 Å². The van der Waals surface area contributed by atoms with Gasteiger partial charge in [-0.05, 0) is 92.8 Å². The van der Waals surface area contributed by atoms with E-state index in [1.54, 1.807) is 32.9 Å². The number of hydrogen-bond acceptors (Lipinski definition) is 6. The van der Waals surface area contributed by atoms with Crippen LogP contribution < -0.4 is 10.6 Å². The lowest BCUT2D eigenvalue weighted by molar-refractivity contribution is -0.158. The molecule has 5 rings (SSSR count). The predicted octanol–water partition coefficient (Wildman–Crippen LogP) is 5.73. The zero-order valence-corrected chi connectivity index (χ0v) is 26.3. The maximum absolute atomic E-state index is 13.8. The number of fused-ring (bicyclic) bond motifs is 3. The zero-order chi connectivity index (χ0) is 31.6. The summed E-state index contributed by atoms with van der Waals surface area (Å²) < 4.78 is 5.74. The smallest absolute Gasteiger partial charge is 0.323 e. The monoisotopic (exact) mass is 597 g/mol. The molecule has 0 fully saturated rings. The molecule has 1 unspecified atom stereocenters. The third-order valence-corrected chi connectivity index (χ3v) is 8.28. The Morgan fingerprint density at radius 3 is 2.16 bits per heavy atom. The maximum atomic E-state index is 13.8. The SMILES string of the molecule is CC(C)C[C@H](N[C@H](CCN1C(=O)c2cc3ccccc3cc2C1=O)C(=O)OC(C)(C)C)C(=O)NC1CCCc2ccccc21. The second kappa shape index (κ2) is 12.9. The van der Waals surface area contributed by atoms with Gasteiger partial charge in [-0.1, -0.05) is 62.4 Å². The fourth-order valence-electron chi connectivity index (χ4n) is 6.22. The van der Waals surface area contributed by atoms with Crippen molar-refractivity contribution in [1.29, 1.82) is 0 Å². The average molecular weight is 598 g/mol. The number of carbonyl (C=O) groups is 4. The number of nitrogens with zero attached hydrogens (tertiary/aromatic N) is 1. The van der Waals surface area contributed by atoms with Crippen LogP contribution in [0.5, 0.6) is 0 Å². The molecule has 3 aromatic rings. The lowest BCUT2D eigenvalue weighted by atomic mass is 9.87. The lowest BCUT2D eigenvalue weighted by Crippen LogP contribution is -2.54. The molecule has 0 saturated heterocycles. The van der Waals surface area contributed by atoms with E-state index in [4.69, 9.17) is 4.74 Å².